The van der Waals surface area contributed by atoms with Crippen molar-refractivity contribution in [3.63, 3.8) is 0 Å². The molecular weight excluding hydrogens is 183 g/mol. The molecule has 72 valence electrons. The monoisotopic (exact) mass is 204 g/mol. The normalized spacial score (nSPS) is 10.9. The van der Waals surface area contributed by atoms with Crippen LogP contribution in [0.25, 0.3) is 0 Å². The van der Waals surface area contributed by atoms with Crippen LogP contribution in [-0.4, -0.2) is 40.3 Å². The Morgan fingerprint density at radius 2 is 1.50 bits per heavy atom. The summed E-state index contributed by atoms with van der Waals surface area (Å²) < 4.78 is 11.3. The number of hydrogen-bond acceptors (Lipinski definition) is 1. The molecule has 0 spiro atoms. The summed E-state index contributed by atoms with van der Waals surface area (Å²) in [7, 11) is -2.73. The van der Waals surface area contributed by atoms with Crippen LogP contribution < -0.4 is 0 Å². The van der Waals surface area contributed by atoms with Gasteiger partial charge in [0.05, 0.1) is 0 Å². The van der Waals surface area contributed by atoms with Crippen LogP contribution in [0.15, 0.2) is 0 Å². The first-order valence-electron chi connectivity index (χ1n) is 4.43. The van der Waals surface area contributed by atoms with Gasteiger partial charge in [-0.05, 0) is 12.8 Å². The van der Waals surface area contributed by atoms with Gasteiger partial charge in [-0.15, -0.1) is 0 Å². The molecule has 0 saturated heterocycles. The van der Waals surface area contributed by atoms with Crippen LogP contribution in [0.5, 0.6) is 0 Å². The van der Waals surface area contributed by atoms with Gasteiger partial charge in [-0.2, -0.15) is 0 Å². The van der Waals surface area contributed by atoms with E-state index in [2.05, 4.69) is 0 Å². The maximum absolute atomic E-state index is 11.3. The predicted octanol–water partition coefficient (Wildman–Crippen LogP) is 2.70. The quantitative estimate of drug-likeness (QED) is 0.534. The van der Waals surface area contributed by atoms with Crippen molar-refractivity contribution in [2.45, 2.75) is 39.5 Å². The molecule has 0 saturated carbocycles. The second kappa shape index (κ2) is 8.55. The van der Waals surface area contributed by atoms with Crippen LogP contribution in [0.4, 0.5) is 0 Å². The molecule has 2 nitrogen and oxygen atoms in total. The Hall–Kier alpha value is 0.956. The van der Waals surface area contributed by atoms with Gasteiger partial charge < -0.3 is 7.75 Å². The zero-order valence-electron chi connectivity index (χ0n) is 10.3. The maximum atomic E-state index is 11.3. The van der Waals surface area contributed by atoms with Gasteiger partial charge in [0.15, 0.2) is 0 Å². The third kappa shape index (κ3) is 9.05. The molecule has 0 aliphatic carbocycles. The standard InChI is InChI=1S/C8H19O2P.Mg.2H/c1-3-5-7-11(9,10)8-6-4-2;;;/h3-8H2,1-2H3,(H,9,10);;;/q;+2;2*-1. The van der Waals surface area contributed by atoms with Crippen LogP contribution in [-0.2, 0) is 4.57 Å². The Kier molecular flexibility index (Phi) is 11.0. The van der Waals surface area contributed by atoms with Gasteiger partial charge in [0.1, 0.15) is 0 Å². The molecule has 0 radical (unpaired) electrons. The Morgan fingerprint density at radius 1 is 1.17 bits per heavy atom. The predicted molar refractivity (Wildman–Crippen MR) is 57.4 cm³/mol. The molecule has 0 bridgehead atoms. The molecular formula is C8H21MgO2P. The van der Waals surface area contributed by atoms with Crippen molar-refractivity contribution in [3.8, 4) is 0 Å². The first-order valence-corrected chi connectivity index (χ1v) is 6.46. The van der Waals surface area contributed by atoms with Crippen molar-refractivity contribution < 1.29 is 12.3 Å². The van der Waals surface area contributed by atoms with E-state index in [4.69, 9.17) is 0 Å². The molecule has 0 heterocycles. The molecule has 0 rings (SSSR count). The molecule has 0 amide bonds. The number of unbranched alkanes of at least 4 members (excludes halogenated alkanes) is 2. The van der Waals surface area contributed by atoms with Crippen LogP contribution in [0.1, 0.15) is 42.4 Å². The molecule has 0 aromatic heterocycles. The number of rotatable bonds is 6. The van der Waals surface area contributed by atoms with Crippen LogP contribution in [0.2, 0.25) is 0 Å². The Labute approximate surface area is 94.7 Å². The fraction of sp³-hybridized carbons (Fsp3) is 1.00. The van der Waals surface area contributed by atoms with E-state index in [1.165, 1.54) is 0 Å². The molecule has 0 aromatic carbocycles. The summed E-state index contributed by atoms with van der Waals surface area (Å²) in [6.07, 6.45) is 4.83. The van der Waals surface area contributed by atoms with Gasteiger partial charge >= 0.3 is 23.1 Å². The Morgan fingerprint density at radius 3 is 1.75 bits per heavy atom. The fourth-order valence-electron chi connectivity index (χ4n) is 0.922. The van der Waals surface area contributed by atoms with Crippen molar-refractivity contribution in [2.24, 2.45) is 0 Å². The first-order chi connectivity index (χ1) is 5.12. The summed E-state index contributed by atoms with van der Waals surface area (Å²) >= 11 is 0. The molecule has 4 heteroatoms. The average molecular weight is 205 g/mol. The van der Waals surface area contributed by atoms with Gasteiger partial charge in [-0.3, -0.25) is 4.57 Å². The summed E-state index contributed by atoms with van der Waals surface area (Å²) in [5.41, 5.74) is 0. The molecule has 0 atom stereocenters. The minimum absolute atomic E-state index is 0. The fourth-order valence-corrected chi connectivity index (χ4v) is 2.77. The van der Waals surface area contributed by atoms with Gasteiger partial charge in [0, 0.05) is 12.3 Å². The minimum Gasteiger partial charge on any atom is -1.00 e. The third-order valence-electron chi connectivity index (χ3n) is 1.72. The maximum Gasteiger partial charge on any atom is 2.00 e. The van der Waals surface area contributed by atoms with Crippen LogP contribution in [0.3, 0.4) is 0 Å². The van der Waals surface area contributed by atoms with E-state index in [9.17, 15) is 9.46 Å². The average Bonchev–Trinajstić information content (AvgIpc) is 1.97. The largest absolute Gasteiger partial charge is 2.00 e. The molecule has 12 heavy (non-hydrogen) atoms. The number of hydrogen-bond donors (Lipinski definition) is 1. The Balaban J connectivity index is -0.000000167. The zero-order valence-corrected chi connectivity index (χ0v) is 10.6. The van der Waals surface area contributed by atoms with Gasteiger partial charge in [-0.1, -0.05) is 26.7 Å². The third-order valence-corrected chi connectivity index (χ3v) is 3.75. The molecule has 1 N–H and O–H groups in total. The first kappa shape index (κ1) is 15.4. The SMILES string of the molecule is CCCCP(=O)(O)CCCC.[H-].[H-].[Mg+2]. The minimum atomic E-state index is -2.73. The summed E-state index contributed by atoms with van der Waals surface area (Å²) in [5.74, 6) is 0. The van der Waals surface area contributed by atoms with Crippen LogP contribution in [0, 0.1) is 0 Å². The van der Waals surface area contributed by atoms with Crippen LogP contribution >= 0.6 is 7.37 Å². The zero-order chi connectivity index (χ0) is 8.74. The van der Waals surface area contributed by atoms with Crippen molar-refractivity contribution in [3.05, 3.63) is 0 Å². The molecule has 0 aliphatic heterocycles. The van der Waals surface area contributed by atoms with Crippen molar-refractivity contribution >= 4 is 30.4 Å². The summed E-state index contributed by atoms with van der Waals surface area (Å²) in [6, 6.07) is 0. The summed E-state index contributed by atoms with van der Waals surface area (Å²) in [4.78, 5) is 9.33. The molecule has 0 unspecified atom stereocenters. The van der Waals surface area contributed by atoms with E-state index in [1.54, 1.807) is 0 Å². The molecule has 0 fully saturated rings. The van der Waals surface area contributed by atoms with Gasteiger partial charge in [0.25, 0.3) is 0 Å². The van der Waals surface area contributed by atoms with E-state index in [-0.39, 0.29) is 25.9 Å². The van der Waals surface area contributed by atoms with Crippen molar-refractivity contribution in [2.75, 3.05) is 12.3 Å². The Bertz CT molecular complexity index is 135. The second-order valence-electron chi connectivity index (χ2n) is 3.00. The molecule has 0 aromatic rings. The van der Waals surface area contributed by atoms with Crippen molar-refractivity contribution in [1.29, 1.82) is 0 Å². The molecule has 0 aliphatic rings. The second-order valence-corrected chi connectivity index (χ2v) is 5.59. The van der Waals surface area contributed by atoms with Crippen molar-refractivity contribution in [1.82, 2.24) is 0 Å². The topological polar surface area (TPSA) is 37.3 Å². The van der Waals surface area contributed by atoms with E-state index >= 15 is 0 Å². The smallest absolute Gasteiger partial charge is 1.00 e. The van der Waals surface area contributed by atoms with E-state index in [0.717, 1.165) is 25.7 Å². The summed E-state index contributed by atoms with van der Waals surface area (Å²) in [6.45, 7) is 4.08. The van der Waals surface area contributed by atoms with Gasteiger partial charge in [-0.25, -0.2) is 0 Å². The van der Waals surface area contributed by atoms with E-state index in [0.29, 0.717) is 12.3 Å². The van der Waals surface area contributed by atoms with Gasteiger partial charge in [0.2, 0.25) is 7.37 Å². The van der Waals surface area contributed by atoms with E-state index < -0.39 is 7.37 Å². The van der Waals surface area contributed by atoms with E-state index in [1.807, 2.05) is 13.8 Å². The summed E-state index contributed by atoms with van der Waals surface area (Å²) in [5, 5.41) is 0.